The van der Waals surface area contributed by atoms with Crippen LogP contribution in [0, 0.1) is 0 Å². The summed E-state index contributed by atoms with van der Waals surface area (Å²) in [5.41, 5.74) is 2.02. The molecular weight excluding hydrogens is 364 g/mol. The molecule has 7 heteroatoms. The van der Waals surface area contributed by atoms with Crippen LogP contribution in [-0.4, -0.2) is 50.5 Å². The quantitative estimate of drug-likeness (QED) is 0.739. The maximum Gasteiger partial charge on any atom is 0.243 e. The highest BCUT2D eigenvalue weighted by molar-refractivity contribution is 7.89. The second-order valence-corrected chi connectivity index (χ2v) is 8.52. The van der Waals surface area contributed by atoms with Crippen molar-refractivity contribution in [1.82, 2.24) is 4.31 Å². The number of nitrogens with zero attached hydrogens (tertiary/aromatic N) is 2. The number of Topliss-reactive ketones (excluding diaryl/α,β-unsaturated/α-hetero) is 2. The molecule has 3 rings (SSSR count). The molecule has 0 amide bonds. The molecule has 0 N–H and O–H groups in total. The van der Waals surface area contributed by atoms with Crippen LogP contribution in [0.25, 0.3) is 0 Å². The lowest BCUT2D eigenvalue weighted by Gasteiger charge is -2.35. The highest BCUT2D eigenvalue weighted by atomic mass is 32.2. The first kappa shape index (κ1) is 19.3. The van der Waals surface area contributed by atoms with Gasteiger partial charge in [-0.25, -0.2) is 8.42 Å². The lowest BCUT2D eigenvalue weighted by molar-refractivity contribution is 0.100. The highest BCUT2D eigenvalue weighted by Crippen LogP contribution is 2.22. The Morgan fingerprint density at radius 3 is 1.96 bits per heavy atom. The number of anilines is 1. The summed E-state index contributed by atoms with van der Waals surface area (Å²) < 4.78 is 27.2. The van der Waals surface area contributed by atoms with E-state index in [-0.39, 0.29) is 16.5 Å². The summed E-state index contributed by atoms with van der Waals surface area (Å²) in [6, 6.07) is 13.5. The average molecular weight is 386 g/mol. The minimum atomic E-state index is -3.63. The van der Waals surface area contributed by atoms with Crippen molar-refractivity contribution in [3.63, 3.8) is 0 Å². The van der Waals surface area contributed by atoms with Gasteiger partial charge in [0.25, 0.3) is 0 Å². The van der Waals surface area contributed by atoms with E-state index in [4.69, 9.17) is 0 Å². The number of carbonyl (C=O) groups excluding carboxylic acids is 2. The van der Waals surface area contributed by atoms with Gasteiger partial charge in [-0.3, -0.25) is 9.59 Å². The molecule has 0 radical (unpaired) electrons. The Morgan fingerprint density at radius 1 is 0.815 bits per heavy atom. The van der Waals surface area contributed by atoms with Gasteiger partial charge in [-0.05, 0) is 50.2 Å². The van der Waals surface area contributed by atoms with E-state index in [2.05, 4.69) is 4.90 Å². The van der Waals surface area contributed by atoms with Crippen molar-refractivity contribution in [3.8, 4) is 0 Å². The second-order valence-electron chi connectivity index (χ2n) is 6.58. The largest absolute Gasteiger partial charge is 0.369 e. The summed E-state index contributed by atoms with van der Waals surface area (Å²) in [7, 11) is -3.63. The third-order valence-electron chi connectivity index (χ3n) is 4.76. The van der Waals surface area contributed by atoms with E-state index in [0.29, 0.717) is 37.3 Å². The maximum absolute atomic E-state index is 12.9. The van der Waals surface area contributed by atoms with Crippen LogP contribution in [-0.2, 0) is 10.0 Å². The third kappa shape index (κ3) is 4.09. The molecule has 1 aliphatic heterocycles. The number of piperazine rings is 1. The number of benzene rings is 2. The van der Waals surface area contributed by atoms with E-state index in [1.54, 1.807) is 24.3 Å². The standard InChI is InChI=1S/C20H22N2O4S/c1-15(23)17-6-8-19(9-7-17)21-10-12-22(13-11-21)27(25,26)20-5-3-4-18(14-20)16(2)24/h3-9,14H,10-13H2,1-2H3. The fraction of sp³-hybridized carbons (Fsp3) is 0.300. The fourth-order valence-corrected chi connectivity index (χ4v) is 4.59. The van der Waals surface area contributed by atoms with E-state index < -0.39 is 10.0 Å². The Morgan fingerprint density at radius 2 is 1.41 bits per heavy atom. The van der Waals surface area contributed by atoms with Crippen molar-refractivity contribution in [2.24, 2.45) is 0 Å². The van der Waals surface area contributed by atoms with E-state index in [0.717, 1.165) is 5.69 Å². The zero-order valence-corrected chi connectivity index (χ0v) is 16.2. The van der Waals surface area contributed by atoms with Crippen molar-refractivity contribution in [2.75, 3.05) is 31.1 Å². The van der Waals surface area contributed by atoms with E-state index in [9.17, 15) is 18.0 Å². The molecule has 0 aliphatic carbocycles. The Kier molecular flexibility index (Phi) is 5.43. The number of hydrogen-bond donors (Lipinski definition) is 0. The maximum atomic E-state index is 12.9. The van der Waals surface area contributed by atoms with E-state index >= 15 is 0 Å². The van der Waals surface area contributed by atoms with Crippen LogP contribution in [0.1, 0.15) is 34.6 Å². The monoisotopic (exact) mass is 386 g/mol. The number of hydrogen-bond acceptors (Lipinski definition) is 5. The van der Waals surface area contributed by atoms with Crippen LogP contribution in [0.5, 0.6) is 0 Å². The summed E-state index contributed by atoms with van der Waals surface area (Å²) in [4.78, 5) is 25.2. The Bertz CT molecular complexity index is 960. The molecule has 2 aromatic carbocycles. The summed E-state index contributed by atoms with van der Waals surface area (Å²) >= 11 is 0. The molecule has 2 aromatic rings. The van der Waals surface area contributed by atoms with Crippen molar-refractivity contribution in [2.45, 2.75) is 18.7 Å². The normalized spacial score (nSPS) is 15.6. The van der Waals surface area contributed by atoms with Gasteiger partial charge in [0.15, 0.2) is 11.6 Å². The zero-order chi connectivity index (χ0) is 19.6. The van der Waals surface area contributed by atoms with Gasteiger partial charge in [0, 0.05) is 43.0 Å². The smallest absolute Gasteiger partial charge is 0.243 e. The van der Waals surface area contributed by atoms with E-state index in [1.807, 2.05) is 12.1 Å². The SMILES string of the molecule is CC(=O)c1ccc(N2CCN(S(=O)(=O)c3cccc(C(C)=O)c3)CC2)cc1. The molecule has 0 atom stereocenters. The molecule has 0 spiro atoms. The van der Waals surface area contributed by atoms with Crippen LogP contribution in [0.3, 0.4) is 0 Å². The zero-order valence-electron chi connectivity index (χ0n) is 15.4. The van der Waals surface area contributed by atoms with Gasteiger partial charge >= 0.3 is 0 Å². The summed E-state index contributed by atoms with van der Waals surface area (Å²) in [5, 5.41) is 0. The minimum Gasteiger partial charge on any atom is -0.369 e. The van der Waals surface area contributed by atoms with Crippen molar-refractivity contribution in [1.29, 1.82) is 0 Å². The molecule has 1 fully saturated rings. The number of rotatable bonds is 5. The Hall–Kier alpha value is -2.51. The molecule has 27 heavy (non-hydrogen) atoms. The molecule has 142 valence electrons. The lowest BCUT2D eigenvalue weighted by Crippen LogP contribution is -2.48. The second kappa shape index (κ2) is 7.62. The van der Waals surface area contributed by atoms with Gasteiger partial charge in [0.05, 0.1) is 4.90 Å². The first-order valence-electron chi connectivity index (χ1n) is 8.76. The molecule has 1 aliphatic rings. The van der Waals surface area contributed by atoms with E-state index in [1.165, 1.54) is 30.3 Å². The average Bonchev–Trinajstić information content (AvgIpc) is 2.68. The molecule has 6 nitrogen and oxygen atoms in total. The lowest BCUT2D eigenvalue weighted by atomic mass is 10.1. The van der Waals surface area contributed by atoms with Crippen molar-refractivity contribution < 1.29 is 18.0 Å². The Balaban J connectivity index is 1.72. The first-order valence-corrected chi connectivity index (χ1v) is 10.2. The molecule has 0 aromatic heterocycles. The topological polar surface area (TPSA) is 74.8 Å². The molecule has 0 unspecified atom stereocenters. The summed E-state index contributed by atoms with van der Waals surface area (Å²) in [6.45, 7) is 4.79. The van der Waals surface area contributed by atoms with Gasteiger partial charge in [0.1, 0.15) is 0 Å². The highest BCUT2D eigenvalue weighted by Gasteiger charge is 2.29. The Labute approximate surface area is 159 Å². The van der Waals surface area contributed by atoms with Gasteiger partial charge in [-0.2, -0.15) is 4.31 Å². The molecule has 0 saturated carbocycles. The van der Waals surface area contributed by atoms with Crippen molar-refractivity contribution in [3.05, 3.63) is 59.7 Å². The predicted octanol–water partition coefficient (Wildman–Crippen LogP) is 2.60. The molecule has 1 saturated heterocycles. The molecular formula is C20H22N2O4S. The van der Waals surface area contributed by atoms with Gasteiger partial charge in [0.2, 0.25) is 10.0 Å². The van der Waals surface area contributed by atoms with Crippen LogP contribution in [0.4, 0.5) is 5.69 Å². The van der Waals surface area contributed by atoms with Gasteiger partial charge in [-0.15, -0.1) is 0 Å². The fourth-order valence-electron chi connectivity index (χ4n) is 3.12. The van der Waals surface area contributed by atoms with Crippen LogP contribution >= 0.6 is 0 Å². The summed E-state index contributed by atoms with van der Waals surface area (Å²) in [6.07, 6.45) is 0. The number of carbonyl (C=O) groups is 2. The summed E-state index contributed by atoms with van der Waals surface area (Å²) in [5.74, 6) is -0.142. The van der Waals surface area contributed by atoms with Gasteiger partial charge < -0.3 is 4.90 Å². The molecule has 0 bridgehead atoms. The minimum absolute atomic E-state index is 0.0188. The first-order chi connectivity index (χ1) is 12.8. The third-order valence-corrected chi connectivity index (χ3v) is 6.65. The van der Waals surface area contributed by atoms with Gasteiger partial charge in [-0.1, -0.05) is 12.1 Å². The predicted molar refractivity (Wildman–Crippen MR) is 104 cm³/mol. The van der Waals surface area contributed by atoms with Crippen LogP contribution in [0.15, 0.2) is 53.4 Å². The van der Waals surface area contributed by atoms with Crippen molar-refractivity contribution >= 4 is 27.3 Å². The molecule has 1 heterocycles. The number of ketones is 2. The van der Waals surface area contributed by atoms with Crippen LogP contribution < -0.4 is 4.90 Å². The van der Waals surface area contributed by atoms with Crippen LogP contribution in [0.2, 0.25) is 0 Å². The number of sulfonamides is 1.